The van der Waals surface area contributed by atoms with E-state index in [9.17, 15) is 0 Å². The summed E-state index contributed by atoms with van der Waals surface area (Å²) in [5, 5.41) is 3.18. The molecule has 2 rings (SSSR count). The van der Waals surface area contributed by atoms with Gasteiger partial charge in [-0.25, -0.2) is 4.98 Å². The van der Waals surface area contributed by atoms with Crippen LogP contribution in [0.25, 0.3) is 0 Å². The van der Waals surface area contributed by atoms with E-state index in [1.807, 2.05) is 51.1 Å². The van der Waals surface area contributed by atoms with Crippen molar-refractivity contribution in [2.24, 2.45) is 0 Å². The summed E-state index contributed by atoms with van der Waals surface area (Å²) in [6.07, 6.45) is 0.0890. The molecule has 20 heavy (non-hydrogen) atoms. The van der Waals surface area contributed by atoms with Crippen molar-refractivity contribution in [1.82, 2.24) is 9.97 Å². The normalized spacial score (nSPS) is 10.6. The number of aromatic nitrogens is 2. The fraction of sp³-hybridized carbons (Fsp3) is 0.333. The molecule has 0 atom stereocenters. The zero-order valence-electron chi connectivity index (χ0n) is 12.1. The second-order valence-electron chi connectivity index (χ2n) is 4.94. The molecule has 0 fully saturated rings. The summed E-state index contributed by atoms with van der Waals surface area (Å²) in [6, 6.07) is 9.54. The molecule has 0 aliphatic rings. The number of benzene rings is 1. The van der Waals surface area contributed by atoms with Gasteiger partial charge in [0.15, 0.2) is 0 Å². The van der Waals surface area contributed by atoms with E-state index >= 15 is 0 Å². The lowest BCUT2D eigenvalue weighted by Crippen LogP contribution is -2.10. The molecule has 0 amide bonds. The average Bonchev–Trinajstić information content (AvgIpc) is 2.35. The first kappa shape index (κ1) is 14.1. The third-order valence-corrected chi connectivity index (χ3v) is 2.59. The fourth-order valence-electron chi connectivity index (χ4n) is 1.80. The van der Waals surface area contributed by atoms with Gasteiger partial charge in [0.25, 0.3) is 0 Å². The van der Waals surface area contributed by atoms with E-state index < -0.39 is 0 Å². The fourth-order valence-corrected chi connectivity index (χ4v) is 1.80. The molecule has 1 aromatic heterocycles. The van der Waals surface area contributed by atoms with Crippen molar-refractivity contribution in [1.29, 1.82) is 0 Å². The van der Waals surface area contributed by atoms with Gasteiger partial charge in [0.1, 0.15) is 0 Å². The number of nitrogen functional groups attached to an aromatic ring is 1. The maximum Gasteiger partial charge on any atom is 0.226 e. The second-order valence-corrected chi connectivity index (χ2v) is 4.94. The lowest BCUT2D eigenvalue weighted by atomic mass is 10.2. The van der Waals surface area contributed by atoms with Crippen LogP contribution in [0.15, 0.2) is 30.3 Å². The zero-order chi connectivity index (χ0) is 14.5. The molecular formula is C15H20N4O. The van der Waals surface area contributed by atoms with Crippen LogP contribution < -0.4 is 15.8 Å². The molecule has 0 aliphatic carbocycles. The lowest BCUT2D eigenvalue weighted by Gasteiger charge is -2.11. The maximum absolute atomic E-state index is 5.75. The number of ether oxygens (including phenoxy) is 1. The van der Waals surface area contributed by atoms with Gasteiger partial charge in [-0.15, -0.1) is 0 Å². The van der Waals surface area contributed by atoms with Crippen molar-refractivity contribution in [3.63, 3.8) is 0 Å². The summed E-state index contributed by atoms with van der Waals surface area (Å²) < 4.78 is 5.60. The Balaban J connectivity index is 2.07. The van der Waals surface area contributed by atoms with Crippen LogP contribution in [0.3, 0.4) is 0 Å². The van der Waals surface area contributed by atoms with Crippen LogP contribution in [0.2, 0.25) is 0 Å². The van der Waals surface area contributed by atoms with Gasteiger partial charge >= 0.3 is 0 Å². The number of hydrogen-bond donors (Lipinski definition) is 2. The molecule has 106 valence electrons. The SMILES string of the molecule is Cc1cc(OC(C)C)nc(NCc2cccc(N)c2)n1. The summed E-state index contributed by atoms with van der Waals surface area (Å²) in [7, 11) is 0. The maximum atomic E-state index is 5.75. The molecule has 0 saturated carbocycles. The minimum absolute atomic E-state index is 0.0890. The van der Waals surface area contributed by atoms with E-state index in [1.165, 1.54) is 0 Å². The summed E-state index contributed by atoms with van der Waals surface area (Å²) in [4.78, 5) is 8.68. The van der Waals surface area contributed by atoms with Crippen molar-refractivity contribution in [2.45, 2.75) is 33.4 Å². The minimum atomic E-state index is 0.0890. The highest BCUT2D eigenvalue weighted by Gasteiger charge is 2.05. The molecule has 0 saturated heterocycles. The Hall–Kier alpha value is -2.30. The first-order valence-corrected chi connectivity index (χ1v) is 6.63. The highest BCUT2D eigenvalue weighted by Crippen LogP contribution is 2.14. The Morgan fingerprint density at radius 2 is 2.05 bits per heavy atom. The highest BCUT2D eigenvalue weighted by atomic mass is 16.5. The third-order valence-electron chi connectivity index (χ3n) is 2.59. The number of anilines is 2. The van der Waals surface area contributed by atoms with Crippen molar-refractivity contribution in [3.8, 4) is 5.88 Å². The Morgan fingerprint density at radius 3 is 2.75 bits per heavy atom. The molecule has 5 heteroatoms. The Bertz CT molecular complexity index is 584. The van der Waals surface area contributed by atoms with E-state index in [0.717, 1.165) is 16.9 Å². The van der Waals surface area contributed by atoms with E-state index in [0.29, 0.717) is 18.4 Å². The summed E-state index contributed by atoms with van der Waals surface area (Å²) in [6.45, 7) is 6.48. The number of nitrogens with one attached hydrogen (secondary N) is 1. The first-order chi connectivity index (χ1) is 9.52. The van der Waals surface area contributed by atoms with Crippen LogP contribution in [0, 0.1) is 6.92 Å². The van der Waals surface area contributed by atoms with Crippen LogP contribution in [-0.4, -0.2) is 16.1 Å². The van der Waals surface area contributed by atoms with E-state index in [-0.39, 0.29) is 6.10 Å². The lowest BCUT2D eigenvalue weighted by molar-refractivity contribution is 0.232. The molecular weight excluding hydrogens is 252 g/mol. The first-order valence-electron chi connectivity index (χ1n) is 6.63. The van der Waals surface area contributed by atoms with Gasteiger partial charge in [0.05, 0.1) is 6.10 Å². The number of nitrogens with two attached hydrogens (primary N) is 1. The zero-order valence-corrected chi connectivity index (χ0v) is 12.1. The van der Waals surface area contributed by atoms with Crippen LogP contribution in [0.4, 0.5) is 11.6 Å². The Morgan fingerprint density at radius 1 is 1.25 bits per heavy atom. The van der Waals surface area contributed by atoms with Gasteiger partial charge in [-0.3, -0.25) is 0 Å². The average molecular weight is 272 g/mol. The second kappa shape index (κ2) is 6.23. The quantitative estimate of drug-likeness (QED) is 0.819. The molecule has 0 bridgehead atoms. The van der Waals surface area contributed by atoms with Gasteiger partial charge in [0, 0.05) is 24.0 Å². The van der Waals surface area contributed by atoms with Crippen LogP contribution in [0.5, 0.6) is 5.88 Å². The van der Waals surface area contributed by atoms with Crippen molar-refractivity contribution in [3.05, 3.63) is 41.6 Å². The number of hydrogen-bond acceptors (Lipinski definition) is 5. The third kappa shape index (κ3) is 4.12. The number of nitrogens with zero attached hydrogens (tertiary/aromatic N) is 2. The van der Waals surface area contributed by atoms with Crippen molar-refractivity contribution >= 4 is 11.6 Å². The predicted octanol–water partition coefficient (Wildman–Crippen LogP) is 2.77. The van der Waals surface area contributed by atoms with E-state index in [2.05, 4.69) is 15.3 Å². The summed E-state index contributed by atoms with van der Waals surface area (Å²) in [5.74, 6) is 1.14. The Labute approximate surface area is 119 Å². The topological polar surface area (TPSA) is 73.1 Å². The van der Waals surface area contributed by atoms with Crippen molar-refractivity contribution in [2.75, 3.05) is 11.1 Å². The molecule has 0 spiro atoms. The molecule has 1 aromatic carbocycles. The molecule has 0 aliphatic heterocycles. The predicted molar refractivity (Wildman–Crippen MR) is 80.7 cm³/mol. The van der Waals surface area contributed by atoms with Gasteiger partial charge in [-0.1, -0.05) is 12.1 Å². The molecule has 0 radical (unpaired) electrons. The smallest absolute Gasteiger partial charge is 0.226 e. The number of aryl methyl sites for hydroxylation is 1. The summed E-state index contributed by atoms with van der Waals surface area (Å²) >= 11 is 0. The van der Waals surface area contributed by atoms with Gasteiger partial charge in [-0.2, -0.15) is 4.98 Å². The summed E-state index contributed by atoms with van der Waals surface area (Å²) in [5.41, 5.74) is 8.45. The van der Waals surface area contributed by atoms with Crippen LogP contribution in [0.1, 0.15) is 25.1 Å². The van der Waals surface area contributed by atoms with E-state index in [4.69, 9.17) is 10.5 Å². The van der Waals surface area contributed by atoms with Gasteiger partial charge < -0.3 is 15.8 Å². The monoisotopic (exact) mass is 272 g/mol. The highest BCUT2D eigenvalue weighted by molar-refractivity contribution is 5.42. The largest absolute Gasteiger partial charge is 0.475 e. The van der Waals surface area contributed by atoms with Crippen LogP contribution in [-0.2, 0) is 6.54 Å². The van der Waals surface area contributed by atoms with Crippen LogP contribution >= 0.6 is 0 Å². The van der Waals surface area contributed by atoms with Gasteiger partial charge in [0.2, 0.25) is 11.8 Å². The molecule has 5 nitrogen and oxygen atoms in total. The Kier molecular flexibility index (Phi) is 4.40. The van der Waals surface area contributed by atoms with E-state index in [1.54, 1.807) is 0 Å². The number of rotatable bonds is 5. The standard InChI is InChI=1S/C15H20N4O/c1-10(2)20-14-7-11(3)18-15(19-14)17-9-12-5-4-6-13(16)8-12/h4-8,10H,9,16H2,1-3H3,(H,17,18,19). The van der Waals surface area contributed by atoms with Crippen molar-refractivity contribution < 1.29 is 4.74 Å². The molecule has 1 heterocycles. The molecule has 2 aromatic rings. The van der Waals surface area contributed by atoms with Gasteiger partial charge in [-0.05, 0) is 38.5 Å². The minimum Gasteiger partial charge on any atom is -0.475 e. The molecule has 0 unspecified atom stereocenters. The molecule has 3 N–H and O–H groups in total.